The molecule has 0 aliphatic carbocycles. The van der Waals surface area contributed by atoms with Gasteiger partial charge in [0.1, 0.15) is 28.3 Å². The van der Waals surface area contributed by atoms with E-state index in [1.165, 1.54) is 39.5 Å². The number of carbonyl (C=O) groups is 3. The second-order valence-corrected chi connectivity index (χ2v) is 22.5. The van der Waals surface area contributed by atoms with Gasteiger partial charge in [0.2, 0.25) is 5.60 Å². The van der Waals surface area contributed by atoms with Gasteiger partial charge in [0, 0.05) is 27.8 Å². The Labute approximate surface area is 493 Å². The summed E-state index contributed by atoms with van der Waals surface area (Å²) < 4.78 is 10.6. The number of hydrogen-bond acceptors (Lipinski definition) is 13. The number of thiazole rings is 1. The molecule has 0 spiro atoms. The summed E-state index contributed by atoms with van der Waals surface area (Å²) in [5, 5.41) is 17.5. The van der Waals surface area contributed by atoms with E-state index in [1.807, 2.05) is 225 Å². The first-order chi connectivity index (χ1) is 40.8. The van der Waals surface area contributed by atoms with Crippen molar-refractivity contribution >= 4 is 69.3 Å². The Morgan fingerprint density at radius 3 is 1.55 bits per heavy atom. The van der Waals surface area contributed by atoms with E-state index in [2.05, 4.69) is 56.6 Å². The van der Waals surface area contributed by atoms with Crippen LogP contribution >= 0.6 is 34.6 Å². The van der Waals surface area contributed by atoms with Crippen LogP contribution in [0, 0.1) is 6.92 Å². The molecule has 2 aliphatic rings. The summed E-state index contributed by atoms with van der Waals surface area (Å²) in [5.41, 5.74) is 5.72. The predicted octanol–water partition coefficient (Wildman–Crippen LogP) is 13.1. The molecule has 2 N–H and O–H groups in total. The highest BCUT2D eigenvalue weighted by Gasteiger charge is 2.55. The monoisotopic (exact) mass is 1140 g/mol. The number of ether oxygens (including phenoxy) is 1. The maximum absolute atomic E-state index is 15.6. The fraction of sp³-hybridized carbons (Fsp3) is 0.103. The maximum Gasteiger partial charge on any atom is 0.356 e. The Kier molecular flexibility index (Phi) is 15.8. The number of carbonyl (C=O) groups excluding carboxylic acids is 3. The highest BCUT2D eigenvalue weighted by atomic mass is 32.2. The van der Waals surface area contributed by atoms with E-state index >= 15 is 9.59 Å². The van der Waals surface area contributed by atoms with Gasteiger partial charge in [-0.15, -0.1) is 28.2 Å². The lowest BCUT2D eigenvalue weighted by atomic mass is 9.77. The molecule has 2 aliphatic heterocycles. The topological polar surface area (TPSA) is 148 Å². The Morgan fingerprint density at radius 1 is 0.639 bits per heavy atom. The van der Waals surface area contributed by atoms with Crippen LogP contribution in [0.5, 0.6) is 0 Å². The number of thioether (sulfide) groups is 1. The largest absolute Gasteiger partial charge is 0.448 e. The molecule has 1 saturated heterocycles. The molecule has 1 unspecified atom stereocenters. The number of aryl methyl sites for hydroxylation is 1. The highest BCUT2D eigenvalue weighted by Crippen LogP contribution is 2.45. The van der Waals surface area contributed by atoms with Crippen LogP contribution in [-0.2, 0) is 35.1 Å². The van der Waals surface area contributed by atoms with Crippen molar-refractivity contribution in [3.63, 3.8) is 0 Å². The van der Waals surface area contributed by atoms with Crippen LogP contribution in [0.15, 0.2) is 271 Å². The summed E-state index contributed by atoms with van der Waals surface area (Å²) in [5.74, 6) is -1.62. The van der Waals surface area contributed by atoms with E-state index in [9.17, 15) is 4.79 Å². The van der Waals surface area contributed by atoms with Crippen molar-refractivity contribution in [1.82, 2.24) is 24.8 Å². The highest BCUT2D eigenvalue weighted by molar-refractivity contribution is 8.00. The van der Waals surface area contributed by atoms with E-state index in [0.717, 1.165) is 55.1 Å². The number of benzene rings is 8. The molecule has 15 heteroatoms. The minimum Gasteiger partial charge on any atom is -0.448 e. The molecule has 1 fully saturated rings. The van der Waals surface area contributed by atoms with Crippen LogP contribution < -0.4 is 10.6 Å². The Balaban J connectivity index is 0.941. The van der Waals surface area contributed by atoms with Crippen LogP contribution in [0.2, 0.25) is 0 Å². The number of allylic oxidation sites excluding steroid dienone is 1. The molecule has 4 heterocycles. The number of β-lactam (4-membered cyclic amide) rings is 1. The molecule has 12 rings (SSSR count). The van der Waals surface area contributed by atoms with Crippen LogP contribution in [-0.4, -0.2) is 60.1 Å². The number of fused-ring (bicyclic) bond motifs is 1. The normalized spacial score (nSPS) is 15.4. The molecule has 12 nitrogen and oxygen atoms in total. The average molecular weight is 1140 g/mol. The molecule has 83 heavy (non-hydrogen) atoms. The molecule has 0 saturated carbocycles. The average Bonchev–Trinajstić information content (AvgIpc) is 2.73. The molecule has 2 atom stereocenters. The lowest BCUT2D eigenvalue weighted by Crippen LogP contribution is -2.71. The minimum atomic E-state index is -1.38. The first-order valence-electron chi connectivity index (χ1n) is 26.9. The van der Waals surface area contributed by atoms with E-state index in [0.29, 0.717) is 16.5 Å². The fourth-order valence-electron chi connectivity index (χ4n) is 10.7. The maximum atomic E-state index is 15.6. The van der Waals surface area contributed by atoms with Crippen molar-refractivity contribution in [2.45, 2.75) is 35.6 Å². The van der Waals surface area contributed by atoms with Gasteiger partial charge in [-0.1, -0.05) is 258 Å². The van der Waals surface area contributed by atoms with E-state index in [1.54, 1.807) is 5.38 Å². The van der Waals surface area contributed by atoms with Crippen LogP contribution in [0.25, 0.3) is 6.08 Å². The zero-order valence-corrected chi connectivity index (χ0v) is 47.2. The SMILES string of the molecule is Cc1nnsc1/C=C\C1=C(C(=O)OC(c2ccccc2)c2ccccc2)N2C(=O)C(NC(=O)/C(=N/OC(c3ccccc3)(c3ccccc3)c3ccccc3)c3csc(NC(c4ccccc4)(c4ccccc4)c4ccccc4)n3)[C@H]2SC1. The number of hydrogen-bond donors (Lipinski definition) is 2. The van der Waals surface area contributed by atoms with Crippen molar-refractivity contribution in [2.75, 3.05) is 11.1 Å². The first-order valence-corrected chi connectivity index (χ1v) is 29.6. The smallest absolute Gasteiger partial charge is 0.356 e. The molecule has 2 amide bonds. The molecule has 408 valence electrons. The van der Waals surface area contributed by atoms with E-state index < -0.39 is 46.4 Å². The molecule has 0 radical (unpaired) electrons. The van der Waals surface area contributed by atoms with Crippen molar-refractivity contribution in [2.24, 2.45) is 5.16 Å². The van der Waals surface area contributed by atoms with Gasteiger partial charge in [0.25, 0.3) is 11.8 Å². The molecule has 10 aromatic rings. The van der Waals surface area contributed by atoms with Gasteiger partial charge in [-0.25, -0.2) is 9.78 Å². The van der Waals surface area contributed by atoms with Gasteiger partial charge in [-0.3, -0.25) is 14.5 Å². The summed E-state index contributed by atoms with van der Waals surface area (Å²) in [6.07, 6.45) is 2.88. The minimum absolute atomic E-state index is 0.0806. The van der Waals surface area contributed by atoms with Gasteiger partial charge in [0.15, 0.2) is 16.9 Å². The van der Waals surface area contributed by atoms with Crippen molar-refractivity contribution in [3.05, 3.63) is 326 Å². The number of anilines is 1. The third-order valence-electron chi connectivity index (χ3n) is 14.7. The number of aromatic nitrogens is 3. The lowest BCUT2D eigenvalue weighted by Gasteiger charge is -2.49. The molecule has 8 aromatic carbocycles. The Morgan fingerprint density at radius 2 is 1.10 bits per heavy atom. The zero-order valence-electron chi connectivity index (χ0n) is 44.8. The number of rotatable bonds is 19. The number of nitrogens with one attached hydrogen (secondary N) is 2. The van der Waals surface area contributed by atoms with Gasteiger partial charge >= 0.3 is 5.97 Å². The standard InChI is InChI=1S/C68H53N7O5S3/c1-46-57(83-74-72-46)43-42-49-44-81-64-59(63(77)75(64)60(49)65(78)79-61(47-26-10-2-11-27-47)48-28-12-3-13-29-48)70-62(76)58(73-80-68(53-36-20-7-21-37-53,54-38-22-8-23-39-54)55-40-24-9-25-41-55)56-45-82-66(69-56)71-67(50-30-14-4-15-31-50,51-32-16-5-17-33-51)52-34-18-6-19-35-52/h2-43,45,59,61,64H,44H2,1H3,(H,69,71)(H,70,76)/b43-42-,73-58+/t59?,64-/m1/s1. The zero-order chi connectivity index (χ0) is 56.6. The van der Waals surface area contributed by atoms with E-state index in [-0.39, 0.29) is 17.1 Å². The number of amides is 2. The molecule has 2 aromatic heterocycles. The Bertz CT molecular complexity index is 3730. The predicted molar refractivity (Wildman–Crippen MR) is 328 cm³/mol. The molecule has 0 bridgehead atoms. The molecular formula is C68H53N7O5S3. The fourth-order valence-corrected chi connectivity index (χ4v) is 13.3. The summed E-state index contributed by atoms with van der Waals surface area (Å²) in [4.78, 5) is 60.0. The van der Waals surface area contributed by atoms with Gasteiger partial charge in [-0.05, 0) is 57.9 Å². The van der Waals surface area contributed by atoms with Gasteiger partial charge in [-0.2, -0.15) is 0 Å². The molecular weight excluding hydrogens is 1090 g/mol. The third-order valence-corrected chi connectivity index (χ3v) is 17.6. The number of oxime groups is 1. The van der Waals surface area contributed by atoms with Crippen LogP contribution in [0.1, 0.15) is 66.9 Å². The second kappa shape index (κ2) is 24.3. The van der Waals surface area contributed by atoms with E-state index in [4.69, 9.17) is 19.7 Å². The second-order valence-electron chi connectivity index (χ2n) is 19.7. The Hall–Kier alpha value is -9.54. The number of nitrogens with zero attached hydrogens (tertiary/aromatic N) is 5. The van der Waals surface area contributed by atoms with Crippen LogP contribution in [0.3, 0.4) is 0 Å². The third kappa shape index (κ3) is 10.8. The summed E-state index contributed by atoms with van der Waals surface area (Å²) in [7, 11) is 0. The van der Waals surface area contributed by atoms with Crippen molar-refractivity contribution in [1.29, 1.82) is 0 Å². The van der Waals surface area contributed by atoms with Gasteiger partial charge in [0.05, 0.1) is 10.6 Å². The summed E-state index contributed by atoms with van der Waals surface area (Å²) in [6.45, 7) is 1.86. The van der Waals surface area contributed by atoms with Gasteiger partial charge < -0.3 is 20.2 Å². The summed E-state index contributed by atoms with van der Waals surface area (Å²) in [6, 6.07) is 77.6. The van der Waals surface area contributed by atoms with Crippen LogP contribution in [0.4, 0.5) is 5.13 Å². The quantitative estimate of drug-likeness (QED) is 0.0264. The first kappa shape index (κ1) is 54.1. The lowest BCUT2D eigenvalue weighted by molar-refractivity contribution is -0.154. The summed E-state index contributed by atoms with van der Waals surface area (Å²) >= 11 is 3.96. The van der Waals surface area contributed by atoms with Crippen molar-refractivity contribution in [3.8, 4) is 0 Å². The van der Waals surface area contributed by atoms with Crippen molar-refractivity contribution < 1.29 is 24.0 Å². The number of esters is 1.